The summed E-state index contributed by atoms with van der Waals surface area (Å²) in [7, 11) is 0. The summed E-state index contributed by atoms with van der Waals surface area (Å²) in [6, 6.07) is 2.25. The molecule has 0 atom stereocenters. The minimum absolute atomic E-state index is 0.500. The highest BCUT2D eigenvalue weighted by atomic mass is 19.4. The lowest BCUT2D eigenvalue weighted by Gasteiger charge is -2.25. The number of hydrogen-bond acceptors (Lipinski definition) is 3. The van der Waals surface area contributed by atoms with Crippen molar-refractivity contribution in [3.05, 3.63) is 35.1 Å². The lowest BCUT2D eigenvalue weighted by atomic mass is 10.1. The summed E-state index contributed by atoms with van der Waals surface area (Å²) in [4.78, 5) is 34.9. The normalized spacial score (nSPS) is 15.9. The number of amides is 3. The number of alkyl halides is 3. The number of carbonyl (C=O) groups is 3. The molecule has 0 spiro atoms. The fourth-order valence-corrected chi connectivity index (χ4v) is 1.87. The minimum atomic E-state index is -4.95. The highest BCUT2D eigenvalue weighted by Gasteiger charge is 2.37. The molecule has 1 aromatic rings. The number of rotatable bonds is 1. The fourth-order valence-electron chi connectivity index (χ4n) is 1.87. The molecule has 21 heavy (non-hydrogen) atoms. The van der Waals surface area contributed by atoms with E-state index in [4.69, 9.17) is 0 Å². The number of nitrogens with one attached hydrogen (secondary N) is 1. The Labute approximate surface area is 115 Å². The molecule has 1 N–H and O–H groups in total. The molecule has 1 fully saturated rings. The van der Waals surface area contributed by atoms with Crippen molar-refractivity contribution in [2.45, 2.75) is 6.18 Å². The van der Waals surface area contributed by atoms with Gasteiger partial charge < -0.3 is 4.90 Å². The molecule has 2 rings (SSSR count). The average molecular weight is 304 g/mol. The first-order valence-electron chi connectivity index (χ1n) is 5.68. The van der Waals surface area contributed by atoms with Gasteiger partial charge in [0.25, 0.3) is 5.91 Å². The van der Waals surface area contributed by atoms with Gasteiger partial charge in [-0.3, -0.25) is 19.7 Å². The maximum Gasteiger partial charge on any atom is 0.419 e. The zero-order valence-corrected chi connectivity index (χ0v) is 10.3. The van der Waals surface area contributed by atoms with Gasteiger partial charge in [0.15, 0.2) is 0 Å². The standard InChI is InChI=1S/C12H8F4N2O3/c13-10-6(2-1-3-7(10)12(14,15)16)11(21)18-4-8(19)17-9(20)5-18/h1-3H,4-5H2,(H,17,19,20). The summed E-state index contributed by atoms with van der Waals surface area (Å²) in [6.07, 6.45) is -4.95. The number of benzene rings is 1. The first-order chi connectivity index (χ1) is 9.70. The molecule has 0 bridgehead atoms. The van der Waals surface area contributed by atoms with Crippen LogP contribution in [0.3, 0.4) is 0 Å². The second-order valence-corrected chi connectivity index (χ2v) is 4.30. The molecule has 0 aliphatic carbocycles. The minimum Gasteiger partial charge on any atom is -0.320 e. The number of hydrogen-bond donors (Lipinski definition) is 1. The molecule has 1 aromatic carbocycles. The zero-order chi connectivity index (χ0) is 15.8. The van der Waals surface area contributed by atoms with E-state index in [1.165, 1.54) is 0 Å². The van der Waals surface area contributed by atoms with Crippen LogP contribution in [0, 0.1) is 5.82 Å². The van der Waals surface area contributed by atoms with Gasteiger partial charge in [0.05, 0.1) is 11.1 Å². The third-order valence-electron chi connectivity index (χ3n) is 2.77. The highest BCUT2D eigenvalue weighted by Crippen LogP contribution is 2.32. The summed E-state index contributed by atoms with van der Waals surface area (Å²) in [6.45, 7) is -1.06. The predicted octanol–water partition coefficient (Wildman–Crippen LogP) is 0.943. The van der Waals surface area contributed by atoms with E-state index >= 15 is 0 Å². The second-order valence-electron chi connectivity index (χ2n) is 4.30. The maximum absolute atomic E-state index is 13.8. The SMILES string of the molecule is O=C1CN(C(=O)c2cccc(C(F)(F)F)c2F)CC(=O)N1. The Morgan fingerprint density at radius 3 is 2.24 bits per heavy atom. The van der Waals surface area contributed by atoms with Crippen LogP contribution < -0.4 is 5.32 Å². The third-order valence-corrected chi connectivity index (χ3v) is 2.77. The summed E-state index contributed by atoms with van der Waals surface area (Å²) in [5, 5.41) is 1.92. The number of imide groups is 1. The van der Waals surface area contributed by atoms with Gasteiger partial charge in [0.2, 0.25) is 11.8 Å². The van der Waals surface area contributed by atoms with E-state index in [1.807, 2.05) is 5.32 Å². The van der Waals surface area contributed by atoms with Crippen LogP contribution in [-0.4, -0.2) is 35.7 Å². The molecule has 1 saturated heterocycles. The topological polar surface area (TPSA) is 66.5 Å². The van der Waals surface area contributed by atoms with Crippen LogP contribution in [0.4, 0.5) is 17.6 Å². The van der Waals surface area contributed by atoms with E-state index in [1.54, 1.807) is 0 Å². The lowest BCUT2D eigenvalue weighted by Crippen LogP contribution is -2.53. The van der Waals surface area contributed by atoms with Crippen molar-refractivity contribution in [2.24, 2.45) is 0 Å². The van der Waals surface area contributed by atoms with Crippen LogP contribution in [0.1, 0.15) is 15.9 Å². The number of piperazine rings is 1. The Balaban J connectivity index is 2.36. The van der Waals surface area contributed by atoms with Gasteiger partial charge >= 0.3 is 6.18 Å². The van der Waals surface area contributed by atoms with E-state index in [0.29, 0.717) is 11.0 Å². The molecule has 3 amide bonds. The lowest BCUT2D eigenvalue weighted by molar-refractivity contribution is -0.140. The van der Waals surface area contributed by atoms with Crippen molar-refractivity contribution in [1.29, 1.82) is 0 Å². The van der Waals surface area contributed by atoms with Gasteiger partial charge in [-0.05, 0) is 12.1 Å². The molecular weight excluding hydrogens is 296 g/mol. The Kier molecular flexibility index (Phi) is 3.67. The van der Waals surface area contributed by atoms with Crippen LogP contribution in [0.5, 0.6) is 0 Å². The van der Waals surface area contributed by atoms with E-state index in [2.05, 4.69) is 0 Å². The van der Waals surface area contributed by atoms with Crippen LogP contribution in [0.25, 0.3) is 0 Å². The zero-order valence-electron chi connectivity index (χ0n) is 10.3. The molecule has 1 heterocycles. The second kappa shape index (κ2) is 5.15. The molecule has 5 nitrogen and oxygen atoms in total. The fraction of sp³-hybridized carbons (Fsp3) is 0.250. The summed E-state index contributed by atoms with van der Waals surface area (Å²) >= 11 is 0. The number of nitrogens with zero attached hydrogens (tertiary/aromatic N) is 1. The van der Waals surface area contributed by atoms with Crippen LogP contribution in [0.15, 0.2) is 18.2 Å². The van der Waals surface area contributed by atoms with Crippen LogP contribution in [0.2, 0.25) is 0 Å². The van der Waals surface area contributed by atoms with Gasteiger partial charge in [-0.2, -0.15) is 13.2 Å². The Bertz CT molecular complexity index is 611. The smallest absolute Gasteiger partial charge is 0.320 e. The number of carbonyl (C=O) groups excluding carboxylic acids is 3. The first kappa shape index (κ1) is 14.9. The van der Waals surface area contributed by atoms with Crippen LogP contribution >= 0.6 is 0 Å². The van der Waals surface area contributed by atoms with Gasteiger partial charge in [-0.15, -0.1) is 0 Å². The van der Waals surface area contributed by atoms with Gasteiger partial charge in [-0.25, -0.2) is 4.39 Å². The Morgan fingerprint density at radius 1 is 1.14 bits per heavy atom. The molecule has 0 unspecified atom stereocenters. The Hall–Kier alpha value is -2.45. The molecular formula is C12H8F4N2O3. The van der Waals surface area contributed by atoms with Crippen LogP contribution in [-0.2, 0) is 15.8 Å². The van der Waals surface area contributed by atoms with Crippen molar-refractivity contribution in [3.63, 3.8) is 0 Å². The van der Waals surface area contributed by atoms with Gasteiger partial charge in [0.1, 0.15) is 18.9 Å². The monoisotopic (exact) mass is 304 g/mol. The van der Waals surface area contributed by atoms with Gasteiger partial charge in [-0.1, -0.05) is 6.07 Å². The highest BCUT2D eigenvalue weighted by molar-refractivity contribution is 6.05. The molecule has 1 aliphatic heterocycles. The van der Waals surface area contributed by atoms with Gasteiger partial charge in [0, 0.05) is 0 Å². The molecule has 1 aliphatic rings. The summed E-state index contributed by atoms with van der Waals surface area (Å²) < 4.78 is 51.5. The average Bonchev–Trinajstić information content (AvgIpc) is 2.35. The van der Waals surface area contributed by atoms with E-state index in [9.17, 15) is 31.9 Å². The van der Waals surface area contributed by atoms with E-state index in [0.717, 1.165) is 12.1 Å². The molecule has 9 heteroatoms. The quantitative estimate of drug-likeness (QED) is 0.620. The van der Waals surface area contributed by atoms with E-state index < -0.39 is 53.9 Å². The predicted molar refractivity (Wildman–Crippen MR) is 60.5 cm³/mol. The van der Waals surface area contributed by atoms with E-state index in [-0.39, 0.29) is 0 Å². The van der Waals surface area contributed by atoms with Crippen molar-refractivity contribution in [1.82, 2.24) is 10.2 Å². The molecule has 112 valence electrons. The third kappa shape index (κ3) is 3.01. The first-order valence-corrected chi connectivity index (χ1v) is 5.68. The number of halogens is 4. The molecule has 0 radical (unpaired) electrons. The summed E-state index contributed by atoms with van der Waals surface area (Å²) in [5.74, 6) is -4.45. The summed E-state index contributed by atoms with van der Waals surface area (Å²) in [5.41, 5.74) is -2.42. The van der Waals surface area contributed by atoms with Crippen molar-refractivity contribution >= 4 is 17.7 Å². The largest absolute Gasteiger partial charge is 0.419 e. The molecule has 0 saturated carbocycles. The van der Waals surface area contributed by atoms with Crippen molar-refractivity contribution < 1.29 is 31.9 Å². The Morgan fingerprint density at radius 2 is 1.71 bits per heavy atom. The maximum atomic E-state index is 13.8. The van der Waals surface area contributed by atoms with Crippen molar-refractivity contribution in [3.8, 4) is 0 Å². The van der Waals surface area contributed by atoms with Crippen molar-refractivity contribution in [2.75, 3.05) is 13.1 Å². The molecule has 0 aromatic heterocycles.